The molecule has 122 valence electrons. The number of carbonyl (C=O) groups excluding carboxylic acids is 1. The van der Waals surface area contributed by atoms with E-state index in [0.29, 0.717) is 13.2 Å². The lowest BCUT2D eigenvalue weighted by atomic mass is 10.2. The van der Waals surface area contributed by atoms with Gasteiger partial charge in [-0.1, -0.05) is 24.3 Å². The fourth-order valence-electron chi connectivity index (χ4n) is 2.08. The Bertz CT molecular complexity index is 644. The molecule has 0 saturated heterocycles. The second kappa shape index (κ2) is 8.29. The number of hydrogen-bond acceptors (Lipinski definition) is 3. The first-order valence-corrected chi connectivity index (χ1v) is 7.49. The number of benzene rings is 2. The largest absolute Gasteiger partial charge is 0.489 e. The molecule has 0 fully saturated rings. The highest BCUT2D eigenvalue weighted by molar-refractivity contribution is 5.80. The fraction of sp³-hybridized carbons (Fsp3) is 0.278. The standard InChI is InChI=1S/C18H21FN2O2/c1-13(18(22)20-2)21-11-14-6-8-17(9-7-14)23-12-15-4-3-5-16(19)10-15/h3-10,13,21H,11-12H2,1-2H3,(H,20,22)/t13-/m0/s1. The summed E-state index contributed by atoms with van der Waals surface area (Å²) in [5, 5.41) is 5.74. The molecule has 0 heterocycles. The van der Waals surface area contributed by atoms with E-state index in [0.717, 1.165) is 16.9 Å². The Morgan fingerprint density at radius 2 is 1.91 bits per heavy atom. The van der Waals surface area contributed by atoms with Crippen molar-refractivity contribution in [1.29, 1.82) is 0 Å². The summed E-state index contributed by atoms with van der Waals surface area (Å²) in [6.45, 7) is 2.73. The van der Waals surface area contributed by atoms with Gasteiger partial charge in [-0.2, -0.15) is 0 Å². The zero-order chi connectivity index (χ0) is 16.7. The molecule has 0 saturated carbocycles. The molecule has 0 spiro atoms. The van der Waals surface area contributed by atoms with Crippen molar-refractivity contribution in [3.63, 3.8) is 0 Å². The molecule has 1 amide bonds. The lowest BCUT2D eigenvalue weighted by Gasteiger charge is -2.12. The van der Waals surface area contributed by atoms with Crippen LogP contribution >= 0.6 is 0 Å². The average molecular weight is 316 g/mol. The van der Waals surface area contributed by atoms with E-state index in [9.17, 15) is 9.18 Å². The molecule has 0 aliphatic rings. The number of ether oxygens (including phenoxy) is 1. The smallest absolute Gasteiger partial charge is 0.236 e. The van der Waals surface area contributed by atoms with Gasteiger partial charge in [0.25, 0.3) is 0 Å². The summed E-state index contributed by atoms with van der Waals surface area (Å²) in [5.74, 6) is 0.412. The van der Waals surface area contributed by atoms with Gasteiger partial charge in [0, 0.05) is 13.6 Å². The third kappa shape index (κ3) is 5.38. The molecule has 0 aliphatic carbocycles. The topological polar surface area (TPSA) is 50.4 Å². The van der Waals surface area contributed by atoms with Crippen molar-refractivity contribution in [2.45, 2.75) is 26.1 Å². The summed E-state index contributed by atoms with van der Waals surface area (Å²) in [4.78, 5) is 11.4. The van der Waals surface area contributed by atoms with Crippen LogP contribution in [-0.4, -0.2) is 19.0 Å². The number of nitrogens with one attached hydrogen (secondary N) is 2. The number of halogens is 1. The van der Waals surface area contributed by atoms with Crippen LogP contribution in [0.2, 0.25) is 0 Å². The second-order valence-corrected chi connectivity index (χ2v) is 5.28. The van der Waals surface area contributed by atoms with Crippen LogP contribution in [0.4, 0.5) is 4.39 Å². The number of likely N-dealkylation sites (N-methyl/N-ethyl adjacent to an activating group) is 1. The minimum atomic E-state index is -0.266. The first kappa shape index (κ1) is 17.0. The van der Waals surface area contributed by atoms with Crippen molar-refractivity contribution in [2.75, 3.05) is 7.05 Å². The molecule has 0 aliphatic heterocycles. The van der Waals surface area contributed by atoms with E-state index in [4.69, 9.17) is 4.74 Å². The molecule has 0 bridgehead atoms. The van der Waals surface area contributed by atoms with Crippen LogP contribution < -0.4 is 15.4 Å². The van der Waals surface area contributed by atoms with Crippen LogP contribution in [0.3, 0.4) is 0 Å². The third-order valence-corrected chi connectivity index (χ3v) is 3.47. The molecule has 2 aromatic carbocycles. The van der Waals surface area contributed by atoms with Gasteiger partial charge in [-0.25, -0.2) is 4.39 Å². The van der Waals surface area contributed by atoms with Gasteiger partial charge in [-0.15, -0.1) is 0 Å². The van der Waals surface area contributed by atoms with Gasteiger partial charge in [-0.3, -0.25) is 4.79 Å². The van der Waals surface area contributed by atoms with Crippen molar-refractivity contribution in [3.8, 4) is 5.75 Å². The highest BCUT2D eigenvalue weighted by Gasteiger charge is 2.09. The van der Waals surface area contributed by atoms with Gasteiger partial charge in [0.2, 0.25) is 5.91 Å². The summed E-state index contributed by atoms with van der Waals surface area (Å²) < 4.78 is 18.7. The maximum Gasteiger partial charge on any atom is 0.236 e. The Balaban J connectivity index is 1.83. The molecule has 0 unspecified atom stereocenters. The van der Waals surface area contributed by atoms with Gasteiger partial charge >= 0.3 is 0 Å². The van der Waals surface area contributed by atoms with E-state index in [2.05, 4.69) is 10.6 Å². The van der Waals surface area contributed by atoms with Gasteiger partial charge in [0.15, 0.2) is 0 Å². The van der Waals surface area contributed by atoms with Gasteiger partial charge in [-0.05, 0) is 42.3 Å². The number of hydrogen-bond donors (Lipinski definition) is 2. The zero-order valence-electron chi connectivity index (χ0n) is 13.3. The van der Waals surface area contributed by atoms with E-state index >= 15 is 0 Å². The van der Waals surface area contributed by atoms with Crippen molar-refractivity contribution in [3.05, 3.63) is 65.5 Å². The average Bonchev–Trinajstić information content (AvgIpc) is 2.58. The molecule has 2 rings (SSSR count). The highest BCUT2D eigenvalue weighted by atomic mass is 19.1. The van der Waals surface area contributed by atoms with Crippen LogP contribution in [0, 0.1) is 5.82 Å². The second-order valence-electron chi connectivity index (χ2n) is 5.28. The highest BCUT2D eigenvalue weighted by Crippen LogP contribution is 2.14. The van der Waals surface area contributed by atoms with Crippen molar-refractivity contribution in [1.82, 2.24) is 10.6 Å². The lowest BCUT2D eigenvalue weighted by molar-refractivity contribution is -0.122. The third-order valence-electron chi connectivity index (χ3n) is 3.47. The van der Waals surface area contributed by atoms with Crippen LogP contribution in [0.5, 0.6) is 5.75 Å². The maximum absolute atomic E-state index is 13.1. The molecule has 5 heteroatoms. The summed E-state index contributed by atoms with van der Waals surface area (Å²) in [7, 11) is 1.62. The minimum absolute atomic E-state index is 0.0416. The molecule has 23 heavy (non-hydrogen) atoms. The SMILES string of the molecule is CNC(=O)[C@H](C)NCc1ccc(OCc2cccc(F)c2)cc1. The van der Waals surface area contributed by atoms with Crippen LogP contribution in [0.1, 0.15) is 18.1 Å². The van der Waals surface area contributed by atoms with E-state index < -0.39 is 0 Å². The minimum Gasteiger partial charge on any atom is -0.489 e. The summed E-state index contributed by atoms with van der Waals surface area (Å²) in [6, 6.07) is 13.7. The van der Waals surface area contributed by atoms with E-state index in [1.54, 1.807) is 13.1 Å². The Labute approximate surface area is 135 Å². The lowest BCUT2D eigenvalue weighted by Crippen LogP contribution is -2.40. The molecule has 4 nitrogen and oxygen atoms in total. The molecular formula is C18H21FN2O2. The van der Waals surface area contributed by atoms with Gasteiger partial charge in [0.05, 0.1) is 6.04 Å². The van der Waals surface area contributed by atoms with Crippen LogP contribution in [-0.2, 0) is 17.9 Å². The number of carbonyl (C=O) groups is 1. The number of rotatable bonds is 7. The molecular weight excluding hydrogens is 295 g/mol. The van der Waals surface area contributed by atoms with Gasteiger partial charge < -0.3 is 15.4 Å². The van der Waals surface area contributed by atoms with Gasteiger partial charge in [0.1, 0.15) is 18.2 Å². The Morgan fingerprint density at radius 1 is 1.17 bits per heavy atom. The fourth-order valence-corrected chi connectivity index (χ4v) is 2.08. The first-order valence-electron chi connectivity index (χ1n) is 7.49. The molecule has 2 N–H and O–H groups in total. The Hall–Kier alpha value is -2.40. The number of amides is 1. The van der Waals surface area contributed by atoms with Crippen molar-refractivity contribution < 1.29 is 13.9 Å². The van der Waals surface area contributed by atoms with Crippen LogP contribution in [0.15, 0.2) is 48.5 Å². The first-order chi connectivity index (χ1) is 11.1. The molecule has 0 radical (unpaired) electrons. The predicted molar refractivity (Wildman–Crippen MR) is 87.5 cm³/mol. The predicted octanol–water partition coefficient (Wildman–Crippen LogP) is 2.63. The van der Waals surface area contributed by atoms with Crippen molar-refractivity contribution in [2.24, 2.45) is 0 Å². The zero-order valence-corrected chi connectivity index (χ0v) is 13.3. The van der Waals surface area contributed by atoms with E-state index in [1.165, 1.54) is 12.1 Å². The van der Waals surface area contributed by atoms with Crippen molar-refractivity contribution >= 4 is 5.91 Å². The quantitative estimate of drug-likeness (QED) is 0.825. The van der Waals surface area contributed by atoms with Crippen LogP contribution in [0.25, 0.3) is 0 Å². The molecule has 1 atom stereocenters. The Kier molecular flexibility index (Phi) is 6.11. The Morgan fingerprint density at radius 3 is 2.57 bits per heavy atom. The molecule has 0 aromatic heterocycles. The normalized spacial score (nSPS) is 11.8. The summed E-state index contributed by atoms with van der Waals surface area (Å²) in [6.07, 6.45) is 0. The summed E-state index contributed by atoms with van der Waals surface area (Å²) in [5.41, 5.74) is 1.84. The maximum atomic E-state index is 13.1. The van der Waals surface area contributed by atoms with E-state index in [-0.39, 0.29) is 17.8 Å². The van der Waals surface area contributed by atoms with E-state index in [1.807, 2.05) is 37.3 Å². The molecule has 2 aromatic rings. The monoisotopic (exact) mass is 316 g/mol. The summed E-state index contributed by atoms with van der Waals surface area (Å²) >= 11 is 0.